The molecule has 0 bridgehead atoms. The van der Waals surface area contributed by atoms with E-state index in [2.05, 4.69) is 12.1 Å². The van der Waals surface area contributed by atoms with Crippen LogP contribution in [0, 0.1) is 0 Å². The summed E-state index contributed by atoms with van der Waals surface area (Å²) in [6, 6.07) is 8.24. The second-order valence-electron chi connectivity index (χ2n) is 3.62. The molecule has 1 aromatic carbocycles. The second-order valence-corrected chi connectivity index (χ2v) is 3.62. The van der Waals surface area contributed by atoms with E-state index in [4.69, 9.17) is 0 Å². The molecule has 62 valence electrons. The number of aliphatic hydroxyl groups is 1. The fourth-order valence-corrected chi connectivity index (χ4v) is 1.79. The van der Waals surface area contributed by atoms with Crippen LogP contribution in [0.15, 0.2) is 24.3 Å². The molecule has 0 aromatic heterocycles. The van der Waals surface area contributed by atoms with Crippen LogP contribution in [-0.4, -0.2) is 10.7 Å². The Morgan fingerprint density at radius 2 is 1.58 bits per heavy atom. The summed E-state index contributed by atoms with van der Waals surface area (Å²) in [5, 5.41) is 9.72. The molecule has 1 N–H and O–H groups in total. The minimum Gasteiger partial charge on any atom is -0.389 e. The van der Waals surface area contributed by atoms with E-state index in [0.717, 1.165) is 12.8 Å². The zero-order valence-corrected chi connectivity index (χ0v) is 8.73. The third kappa shape index (κ3) is 1.79. The van der Waals surface area contributed by atoms with Crippen LogP contribution in [0.5, 0.6) is 0 Å². The molecule has 1 aromatic rings. The van der Waals surface area contributed by atoms with Crippen molar-refractivity contribution >= 4 is 0 Å². The van der Waals surface area contributed by atoms with Gasteiger partial charge in [0.2, 0.25) is 0 Å². The van der Waals surface area contributed by atoms with Gasteiger partial charge in [0.05, 0.1) is 5.60 Å². The summed E-state index contributed by atoms with van der Waals surface area (Å²) < 4.78 is 0. The van der Waals surface area contributed by atoms with Gasteiger partial charge in [-0.2, -0.15) is 0 Å². The van der Waals surface area contributed by atoms with Crippen molar-refractivity contribution < 1.29 is 26.8 Å². The fraction of sp³-hybridized carbons (Fsp3) is 0.400. The van der Waals surface area contributed by atoms with E-state index in [0.29, 0.717) is 0 Å². The standard InChI is InChI=1S/C10H12O.Ti/c1-10(11)6-8-4-2-3-5-9(8)7-10;/h2-5,11H,6-7H2,1H3;. The monoisotopic (exact) mass is 196 g/mol. The third-order valence-electron chi connectivity index (χ3n) is 2.26. The average molecular weight is 196 g/mol. The van der Waals surface area contributed by atoms with Crippen LogP contribution in [0.1, 0.15) is 18.1 Å². The molecule has 1 nitrogen and oxygen atoms in total. The first kappa shape index (κ1) is 9.98. The van der Waals surface area contributed by atoms with Crippen LogP contribution in [-0.2, 0) is 34.6 Å². The Bertz CT molecular complexity index is 254. The van der Waals surface area contributed by atoms with Crippen molar-refractivity contribution in [2.24, 2.45) is 0 Å². The molecule has 2 rings (SSSR count). The van der Waals surface area contributed by atoms with E-state index in [9.17, 15) is 5.11 Å². The SMILES string of the molecule is CC1(O)Cc2ccccc2C1.[Ti]. The van der Waals surface area contributed by atoms with Crippen molar-refractivity contribution in [2.75, 3.05) is 0 Å². The molecule has 0 atom stereocenters. The van der Waals surface area contributed by atoms with Crippen LogP contribution in [0.3, 0.4) is 0 Å². The molecule has 0 unspecified atom stereocenters. The van der Waals surface area contributed by atoms with Crippen molar-refractivity contribution in [1.29, 1.82) is 0 Å². The predicted molar refractivity (Wildman–Crippen MR) is 44.5 cm³/mol. The van der Waals surface area contributed by atoms with E-state index in [1.807, 2.05) is 19.1 Å². The van der Waals surface area contributed by atoms with Crippen molar-refractivity contribution in [3.8, 4) is 0 Å². The van der Waals surface area contributed by atoms with Gasteiger partial charge in [-0.15, -0.1) is 0 Å². The van der Waals surface area contributed by atoms with Gasteiger partial charge in [0.25, 0.3) is 0 Å². The molecule has 0 saturated carbocycles. The van der Waals surface area contributed by atoms with Crippen molar-refractivity contribution in [3.63, 3.8) is 0 Å². The van der Waals surface area contributed by atoms with Crippen LogP contribution >= 0.6 is 0 Å². The van der Waals surface area contributed by atoms with Crippen LogP contribution in [0.4, 0.5) is 0 Å². The Kier molecular flexibility index (Phi) is 2.77. The molecule has 1 aliphatic rings. The summed E-state index contributed by atoms with van der Waals surface area (Å²) in [6.07, 6.45) is 1.62. The van der Waals surface area contributed by atoms with E-state index < -0.39 is 5.60 Å². The largest absolute Gasteiger partial charge is 0.389 e. The molecule has 0 fully saturated rings. The minimum absolute atomic E-state index is 0. The maximum atomic E-state index is 9.72. The van der Waals surface area contributed by atoms with Gasteiger partial charge in [-0.05, 0) is 18.1 Å². The molecule has 0 saturated heterocycles. The predicted octanol–water partition coefficient (Wildman–Crippen LogP) is 1.53. The fourth-order valence-electron chi connectivity index (χ4n) is 1.79. The average Bonchev–Trinajstić information content (AvgIpc) is 2.21. The molecule has 0 heterocycles. The number of rotatable bonds is 0. The van der Waals surface area contributed by atoms with Gasteiger partial charge in [0.15, 0.2) is 0 Å². The topological polar surface area (TPSA) is 20.2 Å². The number of hydrogen-bond donors (Lipinski definition) is 1. The Morgan fingerprint density at radius 1 is 1.17 bits per heavy atom. The van der Waals surface area contributed by atoms with Gasteiger partial charge in [0, 0.05) is 34.6 Å². The van der Waals surface area contributed by atoms with Crippen molar-refractivity contribution in [2.45, 2.75) is 25.4 Å². The van der Waals surface area contributed by atoms with Gasteiger partial charge in [-0.3, -0.25) is 0 Å². The van der Waals surface area contributed by atoms with Gasteiger partial charge in [-0.25, -0.2) is 0 Å². The first-order valence-electron chi connectivity index (χ1n) is 3.97. The first-order valence-corrected chi connectivity index (χ1v) is 3.97. The van der Waals surface area contributed by atoms with E-state index in [-0.39, 0.29) is 21.7 Å². The molecule has 1 aliphatic carbocycles. The molecular weight excluding hydrogens is 184 g/mol. The quantitative estimate of drug-likeness (QED) is 0.624. The molecule has 0 spiro atoms. The molecular formula is C10H12OTi. The van der Waals surface area contributed by atoms with Gasteiger partial charge < -0.3 is 5.11 Å². The summed E-state index contributed by atoms with van der Waals surface area (Å²) in [5.74, 6) is 0. The third-order valence-corrected chi connectivity index (χ3v) is 2.26. The zero-order valence-electron chi connectivity index (χ0n) is 7.17. The molecule has 12 heavy (non-hydrogen) atoms. The normalized spacial score (nSPS) is 18.2. The van der Waals surface area contributed by atoms with Gasteiger partial charge >= 0.3 is 0 Å². The van der Waals surface area contributed by atoms with Crippen molar-refractivity contribution in [1.82, 2.24) is 0 Å². The minimum atomic E-state index is -0.496. The molecule has 0 amide bonds. The molecule has 2 heteroatoms. The van der Waals surface area contributed by atoms with Crippen LogP contribution < -0.4 is 0 Å². The number of fused-ring (bicyclic) bond motifs is 1. The van der Waals surface area contributed by atoms with Gasteiger partial charge in [-0.1, -0.05) is 24.3 Å². The molecule has 0 aliphatic heterocycles. The summed E-state index contributed by atoms with van der Waals surface area (Å²) in [4.78, 5) is 0. The Morgan fingerprint density at radius 3 is 2.00 bits per heavy atom. The van der Waals surface area contributed by atoms with Crippen LogP contribution in [0.2, 0.25) is 0 Å². The van der Waals surface area contributed by atoms with Gasteiger partial charge in [0.1, 0.15) is 0 Å². The summed E-state index contributed by atoms with van der Waals surface area (Å²) >= 11 is 0. The smallest absolute Gasteiger partial charge is 0.0700 e. The number of benzene rings is 1. The summed E-state index contributed by atoms with van der Waals surface area (Å²) in [6.45, 7) is 1.90. The summed E-state index contributed by atoms with van der Waals surface area (Å²) in [7, 11) is 0. The Balaban J connectivity index is 0.000000720. The summed E-state index contributed by atoms with van der Waals surface area (Å²) in [5.41, 5.74) is 2.11. The van der Waals surface area contributed by atoms with Crippen molar-refractivity contribution in [3.05, 3.63) is 35.4 Å². The van der Waals surface area contributed by atoms with E-state index in [1.54, 1.807) is 0 Å². The maximum absolute atomic E-state index is 9.72. The van der Waals surface area contributed by atoms with E-state index in [1.165, 1.54) is 11.1 Å². The first-order chi connectivity index (χ1) is 5.17. The number of hydrogen-bond acceptors (Lipinski definition) is 1. The molecule has 0 radical (unpaired) electrons. The van der Waals surface area contributed by atoms with Crippen LogP contribution in [0.25, 0.3) is 0 Å². The van der Waals surface area contributed by atoms with E-state index >= 15 is 0 Å². The Labute approximate surface area is 87.7 Å². The Hall–Kier alpha value is -0.106. The maximum Gasteiger partial charge on any atom is 0.0700 e. The zero-order chi connectivity index (χ0) is 7.90. The second kappa shape index (κ2) is 3.33.